The number of thiazole rings is 1. The van der Waals surface area contributed by atoms with Crippen LogP contribution >= 0.6 is 11.3 Å². The molecule has 4 heterocycles. The van der Waals surface area contributed by atoms with Gasteiger partial charge in [-0.05, 0) is 42.8 Å². The van der Waals surface area contributed by atoms with Crippen LogP contribution in [0.2, 0.25) is 0 Å². The van der Waals surface area contributed by atoms with Gasteiger partial charge in [0, 0.05) is 37.4 Å². The highest BCUT2D eigenvalue weighted by atomic mass is 32.1. The average molecular weight is 531 g/mol. The van der Waals surface area contributed by atoms with Crippen molar-refractivity contribution in [1.82, 2.24) is 19.4 Å². The maximum absolute atomic E-state index is 14.9. The molecule has 0 aliphatic rings. The maximum Gasteiger partial charge on any atom is 0.308 e. The molecule has 0 amide bonds. The van der Waals surface area contributed by atoms with Gasteiger partial charge in [0.05, 0.1) is 11.9 Å². The lowest BCUT2D eigenvalue weighted by atomic mass is 10.1. The van der Waals surface area contributed by atoms with Gasteiger partial charge in [-0.2, -0.15) is 5.26 Å². The molecule has 0 atom stereocenters. The number of nitriles is 1. The minimum absolute atomic E-state index is 0.0187. The third-order valence-electron chi connectivity index (χ3n) is 5.79. The third kappa shape index (κ3) is 4.57. The number of ether oxygens (including phenoxy) is 1. The summed E-state index contributed by atoms with van der Waals surface area (Å²) in [5.41, 5.74) is 3.09. The number of nitrogens with zero attached hydrogens (tertiary/aromatic N) is 6. The Labute approximate surface area is 220 Å². The maximum atomic E-state index is 14.9. The summed E-state index contributed by atoms with van der Waals surface area (Å²) >= 11 is 1.21. The fourth-order valence-electron chi connectivity index (χ4n) is 4.09. The number of hydrogen-bond acceptors (Lipinski definition) is 8. The molecule has 190 valence electrons. The number of esters is 1. The van der Waals surface area contributed by atoms with Gasteiger partial charge in [0.1, 0.15) is 39.6 Å². The second-order valence-electron chi connectivity index (χ2n) is 8.33. The van der Waals surface area contributed by atoms with Crippen LogP contribution in [0.15, 0.2) is 54.9 Å². The van der Waals surface area contributed by atoms with Crippen LogP contribution in [-0.2, 0) is 11.2 Å². The topological polar surface area (TPSA) is 96.4 Å². The van der Waals surface area contributed by atoms with E-state index in [0.717, 1.165) is 11.8 Å². The fourth-order valence-corrected chi connectivity index (χ4v) is 4.94. The Kier molecular flexibility index (Phi) is 6.57. The number of aryl methyl sites for hydroxylation is 1. The second kappa shape index (κ2) is 9.99. The number of rotatable bonds is 6. The van der Waals surface area contributed by atoms with Gasteiger partial charge < -0.3 is 9.64 Å². The predicted molar refractivity (Wildman–Crippen MR) is 139 cm³/mol. The molecule has 8 nitrogen and oxygen atoms in total. The quantitative estimate of drug-likeness (QED) is 0.251. The molecule has 5 aromatic rings. The van der Waals surface area contributed by atoms with Gasteiger partial charge in [-0.3, -0.25) is 9.20 Å². The van der Waals surface area contributed by atoms with E-state index in [2.05, 4.69) is 11.1 Å². The van der Waals surface area contributed by atoms with Gasteiger partial charge in [-0.15, -0.1) is 0 Å². The van der Waals surface area contributed by atoms with Crippen molar-refractivity contribution < 1.29 is 18.3 Å². The molecule has 0 aliphatic heterocycles. The summed E-state index contributed by atoms with van der Waals surface area (Å²) in [5.74, 6) is -0.865. The number of fused-ring (bicyclic) bond motifs is 1. The molecular formula is C27H20F2N6O2S. The zero-order chi connectivity index (χ0) is 27.0. The highest BCUT2D eigenvalue weighted by molar-refractivity contribution is 7.16. The van der Waals surface area contributed by atoms with Gasteiger partial charge in [-0.25, -0.2) is 23.7 Å². The molecule has 0 fully saturated rings. The van der Waals surface area contributed by atoms with E-state index >= 15 is 0 Å². The van der Waals surface area contributed by atoms with Crippen LogP contribution in [0.3, 0.4) is 0 Å². The van der Waals surface area contributed by atoms with Crippen LogP contribution in [0, 0.1) is 23.0 Å². The van der Waals surface area contributed by atoms with Crippen molar-refractivity contribution in [2.75, 3.05) is 11.9 Å². The molecule has 0 N–H and O–H groups in total. The number of aromatic nitrogens is 4. The predicted octanol–water partition coefficient (Wildman–Crippen LogP) is 5.93. The summed E-state index contributed by atoms with van der Waals surface area (Å²) in [6.45, 7) is 3.20. The van der Waals surface area contributed by atoms with Gasteiger partial charge in [0.15, 0.2) is 16.7 Å². The summed E-state index contributed by atoms with van der Waals surface area (Å²) < 4.78 is 35.1. The van der Waals surface area contributed by atoms with E-state index < -0.39 is 11.8 Å². The molecule has 0 bridgehead atoms. The monoisotopic (exact) mass is 530 g/mol. The van der Waals surface area contributed by atoms with Crippen molar-refractivity contribution in [2.45, 2.75) is 20.3 Å². The SMILES string of the molecule is CCc1nc2ccc(-c3ncc(OC(C)=O)cc3F)cn2c1N(C)c1nc(-c2ccc(F)cc2)c(C#N)s1. The summed E-state index contributed by atoms with van der Waals surface area (Å²) in [7, 11) is 1.82. The average Bonchev–Trinajstić information content (AvgIpc) is 3.50. The van der Waals surface area contributed by atoms with E-state index in [4.69, 9.17) is 14.7 Å². The Hall–Kier alpha value is -4.69. The Morgan fingerprint density at radius 3 is 2.53 bits per heavy atom. The van der Waals surface area contributed by atoms with Crippen LogP contribution < -0.4 is 9.64 Å². The number of hydrogen-bond donors (Lipinski definition) is 0. The van der Waals surface area contributed by atoms with E-state index in [9.17, 15) is 18.8 Å². The van der Waals surface area contributed by atoms with Crippen LogP contribution in [0.25, 0.3) is 28.2 Å². The van der Waals surface area contributed by atoms with Gasteiger partial charge in [-0.1, -0.05) is 18.3 Å². The van der Waals surface area contributed by atoms with Crippen LogP contribution in [0.4, 0.5) is 19.7 Å². The number of pyridine rings is 2. The van der Waals surface area contributed by atoms with E-state index in [-0.39, 0.29) is 17.3 Å². The Balaban J connectivity index is 1.59. The molecular weight excluding hydrogens is 510 g/mol. The van der Waals surface area contributed by atoms with Crippen molar-refractivity contribution in [1.29, 1.82) is 5.26 Å². The molecule has 0 spiro atoms. The van der Waals surface area contributed by atoms with Gasteiger partial charge in [0.25, 0.3) is 0 Å². The van der Waals surface area contributed by atoms with Crippen LogP contribution in [0.5, 0.6) is 5.75 Å². The van der Waals surface area contributed by atoms with E-state index in [0.29, 0.717) is 44.7 Å². The van der Waals surface area contributed by atoms with Gasteiger partial charge >= 0.3 is 5.97 Å². The molecule has 11 heteroatoms. The standard InChI is InChI=1S/C27H20F2N6O2S/c1-4-21-26(34(3)27-33-25(22(12-30)38-27)16-5-8-18(28)9-6-16)35-14-17(7-10-23(35)32-21)24-20(29)11-19(13-31-24)37-15(2)36/h5-11,13-14H,4H2,1-3H3. The van der Waals surface area contributed by atoms with Crippen molar-refractivity contribution in [3.63, 3.8) is 0 Å². The lowest BCUT2D eigenvalue weighted by molar-refractivity contribution is -0.131. The lowest BCUT2D eigenvalue weighted by Gasteiger charge is -2.17. The molecule has 5 rings (SSSR count). The summed E-state index contributed by atoms with van der Waals surface area (Å²) in [6.07, 6.45) is 3.63. The number of imidazole rings is 1. The largest absolute Gasteiger partial charge is 0.425 e. The van der Waals surface area contributed by atoms with Gasteiger partial charge in [0.2, 0.25) is 0 Å². The second-order valence-corrected chi connectivity index (χ2v) is 9.31. The normalized spacial score (nSPS) is 10.9. The number of halogens is 2. The number of carbonyl (C=O) groups is 1. The zero-order valence-electron chi connectivity index (χ0n) is 20.6. The molecule has 0 unspecified atom stereocenters. The summed E-state index contributed by atoms with van der Waals surface area (Å²) in [6, 6.07) is 12.6. The van der Waals surface area contributed by atoms with Crippen molar-refractivity contribution in [3.8, 4) is 34.3 Å². The smallest absolute Gasteiger partial charge is 0.308 e. The number of benzene rings is 1. The van der Waals surface area contributed by atoms with Crippen molar-refractivity contribution in [2.24, 2.45) is 0 Å². The van der Waals surface area contributed by atoms with Crippen LogP contribution in [0.1, 0.15) is 24.4 Å². The number of carbonyl (C=O) groups excluding carboxylic acids is 1. The molecule has 0 saturated heterocycles. The Morgan fingerprint density at radius 1 is 1.13 bits per heavy atom. The molecule has 1 aromatic carbocycles. The highest BCUT2D eigenvalue weighted by Crippen LogP contribution is 2.37. The Bertz CT molecular complexity index is 1720. The first-order valence-corrected chi connectivity index (χ1v) is 12.4. The van der Waals surface area contributed by atoms with E-state index in [1.165, 1.54) is 36.6 Å². The minimum Gasteiger partial charge on any atom is -0.425 e. The van der Waals surface area contributed by atoms with E-state index in [1.54, 1.807) is 30.5 Å². The first kappa shape index (κ1) is 25.0. The summed E-state index contributed by atoms with van der Waals surface area (Å²) in [5, 5.41) is 10.3. The summed E-state index contributed by atoms with van der Waals surface area (Å²) in [4.78, 5) is 27.0. The molecule has 0 aliphatic carbocycles. The first-order valence-electron chi connectivity index (χ1n) is 11.5. The van der Waals surface area contributed by atoms with Crippen molar-refractivity contribution in [3.05, 3.63) is 77.1 Å². The lowest BCUT2D eigenvalue weighted by Crippen LogP contribution is -2.13. The fraction of sp³-hybridized carbons (Fsp3) is 0.148. The molecule has 0 saturated carbocycles. The molecule has 0 radical (unpaired) electrons. The molecule has 38 heavy (non-hydrogen) atoms. The zero-order valence-corrected chi connectivity index (χ0v) is 21.4. The first-order chi connectivity index (χ1) is 18.3. The van der Waals surface area contributed by atoms with Crippen LogP contribution in [-0.4, -0.2) is 32.4 Å². The van der Waals surface area contributed by atoms with E-state index in [1.807, 2.05) is 23.3 Å². The Morgan fingerprint density at radius 2 is 1.87 bits per heavy atom. The number of anilines is 2. The minimum atomic E-state index is -0.642. The molecule has 4 aromatic heterocycles. The highest BCUT2D eigenvalue weighted by Gasteiger charge is 2.22. The third-order valence-corrected chi connectivity index (χ3v) is 6.82. The van der Waals surface area contributed by atoms with Crippen molar-refractivity contribution >= 4 is 33.9 Å².